The van der Waals surface area contributed by atoms with Crippen LogP contribution in [0.5, 0.6) is 0 Å². The molecule has 1 aromatic rings. The van der Waals surface area contributed by atoms with Gasteiger partial charge >= 0.3 is 0 Å². The van der Waals surface area contributed by atoms with Crippen LogP contribution in [-0.2, 0) is 6.42 Å². The molecule has 0 aromatic carbocycles. The van der Waals surface area contributed by atoms with Crippen LogP contribution in [-0.4, -0.2) is 55.6 Å². The SMILES string of the molecule is CN=C(NCCCCN1CCC(C)CC1)NCCc1ccccn1. The summed E-state index contributed by atoms with van der Waals surface area (Å²) in [6.07, 6.45) is 7.93. The van der Waals surface area contributed by atoms with E-state index in [9.17, 15) is 0 Å². The molecule has 5 nitrogen and oxygen atoms in total. The Labute approximate surface area is 147 Å². The van der Waals surface area contributed by atoms with Crippen molar-refractivity contribution in [2.75, 3.05) is 39.8 Å². The van der Waals surface area contributed by atoms with Gasteiger partial charge in [-0.2, -0.15) is 0 Å². The lowest BCUT2D eigenvalue weighted by molar-refractivity contribution is 0.189. The summed E-state index contributed by atoms with van der Waals surface area (Å²) in [5.74, 6) is 1.81. The van der Waals surface area contributed by atoms with Gasteiger partial charge in [0.25, 0.3) is 0 Å². The van der Waals surface area contributed by atoms with Crippen molar-refractivity contribution < 1.29 is 0 Å². The largest absolute Gasteiger partial charge is 0.356 e. The third-order valence-corrected chi connectivity index (χ3v) is 4.69. The van der Waals surface area contributed by atoms with Gasteiger partial charge in [-0.25, -0.2) is 0 Å². The third-order valence-electron chi connectivity index (χ3n) is 4.69. The molecular formula is C19H33N5. The van der Waals surface area contributed by atoms with E-state index in [1.54, 1.807) is 0 Å². The minimum Gasteiger partial charge on any atom is -0.356 e. The van der Waals surface area contributed by atoms with Gasteiger partial charge in [-0.1, -0.05) is 13.0 Å². The molecule has 2 rings (SSSR count). The molecule has 0 spiro atoms. The molecule has 0 bridgehead atoms. The lowest BCUT2D eigenvalue weighted by Crippen LogP contribution is -2.39. The van der Waals surface area contributed by atoms with Gasteiger partial charge in [-0.3, -0.25) is 9.98 Å². The minimum atomic E-state index is 0.850. The first-order valence-corrected chi connectivity index (χ1v) is 9.34. The molecule has 1 aromatic heterocycles. The van der Waals surface area contributed by atoms with E-state index in [1.807, 2.05) is 25.4 Å². The summed E-state index contributed by atoms with van der Waals surface area (Å²) >= 11 is 0. The zero-order chi connectivity index (χ0) is 17.0. The number of aliphatic imine (C=N–C) groups is 1. The zero-order valence-electron chi connectivity index (χ0n) is 15.3. The van der Waals surface area contributed by atoms with E-state index in [0.29, 0.717) is 0 Å². The Balaban J connectivity index is 1.50. The van der Waals surface area contributed by atoms with E-state index < -0.39 is 0 Å². The van der Waals surface area contributed by atoms with Crippen LogP contribution in [0.25, 0.3) is 0 Å². The highest BCUT2D eigenvalue weighted by Gasteiger charge is 2.14. The molecule has 1 saturated heterocycles. The van der Waals surface area contributed by atoms with Gasteiger partial charge < -0.3 is 15.5 Å². The molecule has 134 valence electrons. The summed E-state index contributed by atoms with van der Waals surface area (Å²) in [5, 5.41) is 6.75. The van der Waals surface area contributed by atoms with E-state index in [0.717, 1.165) is 37.1 Å². The second-order valence-electron chi connectivity index (χ2n) is 6.73. The van der Waals surface area contributed by atoms with Gasteiger partial charge in [0.1, 0.15) is 0 Å². The Morgan fingerprint density at radius 1 is 1.21 bits per heavy atom. The van der Waals surface area contributed by atoms with E-state index >= 15 is 0 Å². The first-order chi connectivity index (χ1) is 11.8. The smallest absolute Gasteiger partial charge is 0.190 e. The van der Waals surface area contributed by atoms with Crippen LogP contribution in [0, 0.1) is 5.92 Å². The van der Waals surface area contributed by atoms with Crippen molar-refractivity contribution in [1.29, 1.82) is 0 Å². The van der Waals surface area contributed by atoms with Crippen molar-refractivity contribution in [3.63, 3.8) is 0 Å². The molecule has 5 heteroatoms. The molecule has 2 heterocycles. The van der Waals surface area contributed by atoms with Crippen LogP contribution in [0.4, 0.5) is 0 Å². The highest BCUT2D eigenvalue weighted by Crippen LogP contribution is 2.15. The lowest BCUT2D eigenvalue weighted by atomic mass is 9.99. The number of rotatable bonds is 8. The molecule has 0 unspecified atom stereocenters. The van der Waals surface area contributed by atoms with Gasteiger partial charge in [-0.05, 0) is 63.4 Å². The van der Waals surface area contributed by atoms with Crippen LogP contribution in [0.2, 0.25) is 0 Å². The first kappa shape index (κ1) is 18.7. The summed E-state index contributed by atoms with van der Waals surface area (Å²) < 4.78 is 0. The molecule has 1 aliphatic rings. The minimum absolute atomic E-state index is 0.850. The fraction of sp³-hybridized carbons (Fsp3) is 0.684. The van der Waals surface area contributed by atoms with Gasteiger partial charge in [0.05, 0.1) is 0 Å². The van der Waals surface area contributed by atoms with Crippen molar-refractivity contribution in [3.8, 4) is 0 Å². The van der Waals surface area contributed by atoms with Crippen LogP contribution in [0.1, 0.15) is 38.3 Å². The lowest BCUT2D eigenvalue weighted by Gasteiger charge is -2.30. The molecule has 0 radical (unpaired) electrons. The maximum Gasteiger partial charge on any atom is 0.190 e. The average molecular weight is 332 g/mol. The normalized spacial score (nSPS) is 17.0. The molecule has 0 saturated carbocycles. The molecule has 24 heavy (non-hydrogen) atoms. The van der Waals surface area contributed by atoms with Gasteiger partial charge in [0, 0.05) is 38.4 Å². The van der Waals surface area contributed by atoms with E-state index in [-0.39, 0.29) is 0 Å². The Hall–Kier alpha value is -1.62. The number of likely N-dealkylation sites (tertiary alicyclic amines) is 1. The van der Waals surface area contributed by atoms with E-state index in [2.05, 4.69) is 38.5 Å². The second kappa shape index (κ2) is 11.0. The van der Waals surface area contributed by atoms with Crippen LogP contribution >= 0.6 is 0 Å². The Morgan fingerprint density at radius 3 is 2.71 bits per heavy atom. The Morgan fingerprint density at radius 2 is 2.00 bits per heavy atom. The number of nitrogens with zero attached hydrogens (tertiary/aromatic N) is 3. The van der Waals surface area contributed by atoms with Gasteiger partial charge in [0.2, 0.25) is 0 Å². The van der Waals surface area contributed by atoms with Gasteiger partial charge in [0.15, 0.2) is 5.96 Å². The van der Waals surface area contributed by atoms with Gasteiger partial charge in [-0.15, -0.1) is 0 Å². The predicted octanol–water partition coefficient (Wildman–Crippen LogP) is 2.30. The molecule has 1 fully saturated rings. The number of aromatic nitrogens is 1. The standard InChI is InChI=1S/C19H33N5/c1-17-9-15-24(16-10-17)14-6-5-12-22-19(20-2)23-13-8-18-7-3-4-11-21-18/h3-4,7,11,17H,5-6,8-10,12-16H2,1-2H3,(H2,20,22,23). The molecule has 0 aliphatic carbocycles. The topological polar surface area (TPSA) is 52.6 Å². The summed E-state index contributed by atoms with van der Waals surface area (Å²) in [6, 6.07) is 6.03. The average Bonchev–Trinajstić information content (AvgIpc) is 2.62. The van der Waals surface area contributed by atoms with Crippen molar-refractivity contribution in [3.05, 3.63) is 30.1 Å². The first-order valence-electron chi connectivity index (χ1n) is 9.34. The quantitative estimate of drug-likeness (QED) is 0.436. The van der Waals surface area contributed by atoms with Crippen molar-refractivity contribution in [2.45, 2.75) is 39.0 Å². The number of guanidine groups is 1. The summed E-state index contributed by atoms with van der Waals surface area (Å²) in [4.78, 5) is 11.2. The molecule has 0 amide bonds. The van der Waals surface area contributed by atoms with Crippen molar-refractivity contribution >= 4 is 5.96 Å². The number of hydrogen-bond donors (Lipinski definition) is 2. The number of hydrogen-bond acceptors (Lipinski definition) is 3. The summed E-state index contributed by atoms with van der Waals surface area (Å²) in [6.45, 7) is 8.00. The highest BCUT2D eigenvalue weighted by atomic mass is 15.2. The summed E-state index contributed by atoms with van der Waals surface area (Å²) in [5.41, 5.74) is 1.11. The molecule has 2 N–H and O–H groups in total. The van der Waals surface area contributed by atoms with Crippen LogP contribution in [0.3, 0.4) is 0 Å². The van der Waals surface area contributed by atoms with Crippen LogP contribution in [0.15, 0.2) is 29.4 Å². The Bertz CT molecular complexity index is 466. The Kier molecular flexibility index (Phi) is 8.60. The van der Waals surface area contributed by atoms with E-state index in [1.165, 1.54) is 45.3 Å². The number of unbranched alkanes of at least 4 members (excludes halogenated alkanes) is 1. The fourth-order valence-electron chi connectivity index (χ4n) is 3.03. The summed E-state index contributed by atoms with van der Waals surface area (Å²) in [7, 11) is 1.82. The fourth-order valence-corrected chi connectivity index (χ4v) is 3.03. The third kappa shape index (κ3) is 7.30. The predicted molar refractivity (Wildman–Crippen MR) is 101 cm³/mol. The van der Waals surface area contributed by atoms with Crippen molar-refractivity contribution in [2.24, 2.45) is 10.9 Å². The zero-order valence-corrected chi connectivity index (χ0v) is 15.3. The number of pyridine rings is 1. The number of nitrogens with one attached hydrogen (secondary N) is 2. The maximum absolute atomic E-state index is 4.33. The molecular weight excluding hydrogens is 298 g/mol. The van der Waals surface area contributed by atoms with Crippen LogP contribution < -0.4 is 10.6 Å². The second-order valence-corrected chi connectivity index (χ2v) is 6.73. The van der Waals surface area contributed by atoms with Crippen molar-refractivity contribution in [1.82, 2.24) is 20.5 Å². The molecule has 1 aliphatic heterocycles. The molecule has 0 atom stereocenters. The highest BCUT2D eigenvalue weighted by molar-refractivity contribution is 5.79. The number of piperidine rings is 1. The monoisotopic (exact) mass is 331 g/mol. The van der Waals surface area contributed by atoms with E-state index in [4.69, 9.17) is 0 Å². The maximum atomic E-state index is 4.33.